The van der Waals surface area contributed by atoms with Crippen molar-refractivity contribution in [3.05, 3.63) is 83.7 Å². The minimum atomic E-state index is -5.08. The highest BCUT2D eigenvalue weighted by Crippen LogP contribution is 2.41. The van der Waals surface area contributed by atoms with E-state index < -0.39 is 88.7 Å². The van der Waals surface area contributed by atoms with Gasteiger partial charge in [0.05, 0.1) is 36.3 Å². The zero-order valence-corrected chi connectivity index (χ0v) is 46.7. The number of carboxylic acid groups (broad SMARTS) is 1. The van der Waals surface area contributed by atoms with Crippen molar-refractivity contribution in [2.75, 3.05) is 55.8 Å². The Morgan fingerprint density at radius 3 is 2.11 bits per heavy atom. The average molecular weight is 1120 g/mol. The number of carboxylic acids is 1. The molecule has 2 atom stereocenters. The van der Waals surface area contributed by atoms with E-state index in [2.05, 4.69) is 35.6 Å². The van der Waals surface area contributed by atoms with Crippen LogP contribution in [0.15, 0.2) is 60.8 Å². The number of alkyl halides is 3. The molecule has 25 heteroatoms. The van der Waals surface area contributed by atoms with E-state index in [0.717, 1.165) is 41.6 Å². The summed E-state index contributed by atoms with van der Waals surface area (Å²) in [5, 5.41) is 15.1. The molecule has 0 spiro atoms. The number of carbonyl (C=O) groups excluding carboxylic acids is 5. The van der Waals surface area contributed by atoms with E-state index in [1.165, 1.54) is 0 Å². The van der Waals surface area contributed by atoms with Gasteiger partial charge in [-0.25, -0.2) is 26.8 Å². The summed E-state index contributed by atoms with van der Waals surface area (Å²) in [5.74, 6) is -7.24. The Morgan fingerprint density at radius 2 is 1.53 bits per heavy atom. The second-order valence-corrected chi connectivity index (χ2v) is 29.7. The van der Waals surface area contributed by atoms with Gasteiger partial charge in [-0.1, -0.05) is 70.7 Å². The van der Waals surface area contributed by atoms with Gasteiger partial charge in [-0.15, -0.1) is 11.8 Å². The van der Waals surface area contributed by atoms with Crippen molar-refractivity contribution in [1.29, 1.82) is 0 Å². The number of hydrogen-bond donors (Lipinski definition) is 5. The summed E-state index contributed by atoms with van der Waals surface area (Å²) in [5.41, 5.74) is 5.98. The fourth-order valence-electron chi connectivity index (χ4n) is 7.09. The highest BCUT2D eigenvalue weighted by molar-refractivity contribution is 8.00. The number of nitrogens with one attached hydrogen (secondary N) is 3. The first-order valence-corrected chi connectivity index (χ1v) is 30.8. The van der Waals surface area contributed by atoms with Crippen molar-refractivity contribution in [3.63, 3.8) is 0 Å². The van der Waals surface area contributed by atoms with Crippen LogP contribution in [0.25, 0.3) is 11.1 Å². The molecule has 0 saturated heterocycles. The van der Waals surface area contributed by atoms with Crippen LogP contribution < -0.4 is 21.7 Å². The maximum Gasteiger partial charge on any atom is 0.490 e. The van der Waals surface area contributed by atoms with Crippen LogP contribution in [0.4, 0.5) is 26.7 Å². The number of nitrogens with two attached hydrogens (primary N) is 1. The summed E-state index contributed by atoms with van der Waals surface area (Å²) in [4.78, 5) is 77.1. The lowest BCUT2D eigenvalue weighted by Crippen LogP contribution is -2.49. The normalized spacial score (nSPS) is 12.8. The third-order valence-electron chi connectivity index (χ3n) is 10.5. The SMILES string of the molecule is CC(C)(C)OC(=O)CCC(=O)NC(CSCC(=O)N(CCCNC(=O)OCC[Si](C)(C)C)C(c1cc(-c2cc(F)ccc2F)cn1Cc1ccccc1)C(C)(C)C)C(=O)NCCS(=O)(=O)CCN.O=C(O)C(F)(F)F. The quantitative estimate of drug-likeness (QED) is 0.0229. The third-order valence-corrected chi connectivity index (χ3v) is 15.0. The Bertz CT molecular complexity index is 2480. The molecular weight excluding hydrogens is 1050 g/mol. The summed E-state index contributed by atoms with van der Waals surface area (Å²) in [7, 11) is -5.00. The van der Waals surface area contributed by atoms with E-state index >= 15 is 4.39 Å². The van der Waals surface area contributed by atoms with Crippen molar-refractivity contribution < 1.29 is 73.7 Å². The van der Waals surface area contributed by atoms with Crippen LogP contribution in [0.5, 0.6) is 0 Å². The molecule has 0 fully saturated rings. The molecule has 2 aromatic carbocycles. The summed E-state index contributed by atoms with van der Waals surface area (Å²) < 4.78 is 99.0. The fourth-order valence-corrected chi connectivity index (χ4v) is 9.71. The topological polar surface area (TPSA) is 246 Å². The average Bonchev–Trinajstić information content (AvgIpc) is 3.67. The number of benzene rings is 2. The number of carbonyl (C=O) groups is 6. The van der Waals surface area contributed by atoms with Gasteiger partial charge in [0.25, 0.3) is 0 Å². The van der Waals surface area contributed by atoms with Gasteiger partial charge in [0.2, 0.25) is 17.7 Å². The number of aromatic nitrogens is 1. The highest BCUT2D eigenvalue weighted by atomic mass is 32.2. The van der Waals surface area contributed by atoms with E-state index in [-0.39, 0.29) is 73.5 Å². The molecule has 0 radical (unpaired) electrons. The lowest BCUT2D eigenvalue weighted by molar-refractivity contribution is -0.192. The number of esters is 1. The lowest BCUT2D eigenvalue weighted by Gasteiger charge is -2.41. The first kappa shape index (κ1) is 65.6. The number of sulfone groups is 1. The maximum atomic E-state index is 15.4. The van der Waals surface area contributed by atoms with Gasteiger partial charge in [-0.2, -0.15) is 13.2 Å². The van der Waals surface area contributed by atoms with Gasteiger partial charge in [-0.05, 0) is 68.5 Å². The number of halogens is 5. The van der Waals surface area contributed by atoms with Crippen LogP contribution in [-0.2, 0) is 49.8 Å². The van der Waals surface area contributed by atoms with Gasteiger partial charge in [0.1, 0.15) is 23.3 Å². The molecule has 3 rings (SSSR count). The standard InChI is InChI=1S/C48H72F2N6O9S2Si.C2HF3O2/c1-47(2,3)44(40-28-35(37-29-36(49)16-17-38(37)50)31-55(40)30-34-14-11-10-12-15-34)56(23-13-21-53-46(61)64-24-27-68(7,8)9)42(58)33-66-32-39(45(60)52-22-26-67(62,63)25-20-51)54-41(57)18-19-43(59)65-48(4,5)6;3-2(4,5)1(6)7/h10-12,14-17,28-29,31,39,44H,13,18-27,30,32-33,51H2,1-9H3,(H,52,60)(H,53,61)(H,54,57);(H,6,7). The minimum absolute atomic E-state index is 0.0467. The van der Waals surface area contributed by atoms with Crippen molar-refractivity contribution >= 4 is 65.4 Å². The summed E-state index contributed by atoms with van der Waals surface area (Å²) in [6.45, 7) is 18.1. The number of alkyl carbamates (subject to hydrolysis) is 1. The molecule has 2 unspecified atom stereocenters. The second kappa shape index (κ2) is 29.7. The summed E-state index contributed by atoms with van der Waals surface area (Å²) >= 11 is 1.06. The summed E-state index contributed by atoms with van der Waals surface area (Å²) in [6, 6.07) is 13.4. The fraction of sp³-hybridized carbons (Fsp3) is 0.560. The first-order chi connectivity index (χ1) is 34.6. The molecule has 6 N–H and O–H groups in total. The zero-order chi connectivity index (χ0) is 57.0. The smallest absolute Gasteiger partial charge is 0.475 e. The third kappa shape index (κ3) is 25.7. The molecule has 75 heavy (non-hydrogen) atoms. The molecule has 0 aliphatic heterocycles. The van der Waals surface area contributed by atoms with E-state index in [4.69, 9.17) is 25.1 Å². The second-order valence-electron chi connectivity index (χ2n) is 20.7. The Labute approximate surface area is 441 Å². The van der Waals surface area contributed by atoms with Crippen LogP contribution in [0, 0.1) is 17.0 Å². The number of ether oxygens (including phenoxy) is 2. The largest absolute Gasteiger partial charge is 0.490 e. The number of rotatable bonds is 26. The van der Waals surface area contributed by atoms with Crippen molar-refractivity contribution in [2.45, 2.75) is 117 Å². The predicted octanol–water partition coefficient (Wildman–Crippen LogP) is 7.31. The number of aliphatic carboxylic acids is 1. The molecule has 4 amide bonds. The van der Waals surface area contributed by atoms with E-state index in [0.29, 0.717) is 30.8 Å². The van der Waals surface area contributed by atoms with Gasteiger partial charge in [0.15, 0.2) is 9.84 Å². The minimum Gasteiger partial charge on any atom is -0.475 e. The summed E-state index contributed by atoms with van der Waals surface area (Å²) in [6.07, 6.45) is -4.16. The van der Waals surface area contributed by atoms with Crippen LogP contribution in [0.3, 0.4) is 0 Å². The van der Waals surface area contributed by atoms with E-state index in [9.17, 15) is 50.0 Å². The molecule has 0 aliphatic rings. The molecule has 1 aromatic heterocycles. The predicted molar refractivity (Wildman–Crippen MR) is 280 cm³/mol. The maximum absolute atomic E-state index is 15.4. The molecule has 0 bridgehead atoms. The van der Waals surface area contributed by atoms with Crippen LogP contribution in [0.1, 0.15) is 78.1 Å². The lowest BCUT2D eigenvalue weighted by atomic mass is 9.83. The molecule has 0 saturated carbocycles. The van der Waals surface area contributed by atoms with Gasteiger partial charge in [-0.3, -0.25) is 19.2 Å². The van der Waals surface area contributed by atoms with Crippen molar-refractivity contribution in [2.24, 2.45) is 11.1 Å². The molecular formula is C50H73F5N6O11S2Si. The van der Waals surface area contributed by atoms with E-state index in [1.54, 1.807) is 37.9 Å². The van der Waals surface area contributed by atoms with Crippen molar-refractivity contribution in [1.82, 2.24) is 25.4 Å². The van der Waals surface area contributed by atoms with Gasteiger partial charge < -0.3 is 45.7 Å². The van der Waals surface area contributed by atoms with Crippen LogP contribution in [-0.4, -0.2) is 140 Å². The number of amides is 4. The van der Waals surface area contributed by atoms with Gasteiger partial charge in [0, 0.05) is 76.0 Å². The molecule has 420 valence electrons. The highest BCUT2D eigenvalue weighted by Gasteiger charge is 2.39. The van der Waals surface area contributed by atoms with E-state index in [1.807, 2.05) is 55.7 Å². The number of hydrogen-bond acceptors (Lipinski definition) is 12. The Balaban J connectivity index is 0.00000256. The Morgan fingerprint density at radius 1 is 0.893 bits per heavy atom. The van der Waals surface area contributed by atoms with Crippen LogP contribution in [0.2, 0.25) is 25.7 Å². The number of thioether (sulfide) groups is 1. The monoisotopic (exact) mass is 1120 g/mol. The van der Waals surface area contributed by atoms with Crippen LogP contribution >= 0.6 is 11.8 Å². The Kier molecular flexibility index (Phi) is 26.0. The molecule has 1 heterocycles. The molecule has 0 aliphatic carbocycles. The molecule has 17 nitrogen and oxygen atoms in total. The zero-order valence-electron chi connectivity index (χ0n) is 44.0. The number of nitrogens with zero attached hydrogens (tertiary/aromatic N) is 2. The van der Waals surface area contributed by atoms with Crippen molar-refractivity contribution in [3.8, 4) is 11.1 Å². The Hall–Kier alpha value is -5.53. The molecule has 3 aromatic rings. The van der Waals surface area contributed by atoms with Gasteiger partial charge >= 0.3 is 24.2 Å². The first-order valence-electron chi connectivity index (χ1n) is 24.1.